The Morgan fingerprint density at radius 1 is 1.32 bits per heavy atom. The Kier molecular flexibility index (Phi) is 5.28. The lowest BCUT2D eigenvalue weighted by Crippen LogP contribution is -2.36. The molecule has 4 nitrogen and oxygen atoms in total. The third-order valence-corrected chi connectivity index (χ3v) is 5.54. The van der Waals surface area contributed by atoms with Crippen LogP contribution in [-0.2, 0) is 13.6 Å². The molecule has 0 saturated carbocycles. The van der Waals surface area contributed by atoms with Gasteiger partial charge in [-0.15, -0.1) is 11.3 Å². The largest absolute Gasteiger partial charge is 0.317 e. The summed E-state index contributed by atoms with van der Waals surface area (Å²) in [4.78, 5) is 5.38. The predicted octanol–water partition coefficient (Wildman–Crippen LogP) is 2.97. The van der Waals surface area contributed by atoms with Gasteiger partial charge in [0.2, 0.25) is 0 Å². The average Bonchev–Trinajstić information content (AvgIpc) is 3.15. The maximum atomic E-state index is 4.26. The fraction of sp³-hybridized carbons (Fsp3) is 0.588. The second kappa shape index (κ2) is 7.40. The van der Waals surface area contributed by atoms with Gasteiger partial charge in [-0.25, -0.2) is 0 Å². The summed E-state index contributed by atoms with van der Waals surface area (Å²) in [5, 5.41) is 7.74. The van der Waals surface area contributed by atoms with E-state index in [2.05, 4.69) is 40.6 Å². The molecule has 0 radical (unpaired) electrons. The quantitative estimate of drug-likeness (QED) is 0.889. The summed E-state index contributed by atoms with van der Waals surface area (Å²) in [6.45, 7) is 8.03. The molecule has 120 valence electrons. The van der Waals surface area contributed by atoms with E-state index in [0.29, 0.717) is 0 Å². The molecule has 1 aliphatic heterocycles. The minimum atomic E-state index is 0.866. The summed E-state index contributed by atoms with van der Waals surface area (Å²) in [7, 11) is 1.97. The number of rotatable bonds is 6. The van der Waals surface area contributed by atoms with Crippen LogP contribution in [0.2, 0.25) is 0 Å². The van der Waals surface area contributed by atoms with Crippen LogP contribution in [0, 0.1) is 5.92 Å². The molecule has 3 rings (SSSR count). The van der Waals surface area contributed by atoms with Gasteiger partial charge >= 0.3 is 0 Å². The van der Waals surface area contributed by atoms with Gasteiger partial charge in [-0.1, -0.05) is 6.92 Å². The second-order valence-electron chi connectivity index (χ2n) is 6.20. The first-order chi connectivity index (χ1) is 10.7. The molecule has 5 heteroatoms. The van der Waals surface area contributed by atoms with Gasteiger partial charge in [0.25, 0.3) is 0 Å². The third kappa shape index (κ3) is 3.97. The van der Waals surface area contributed by atoms with Gasteiger partial charge < -0.3 is 5.32 Å². The Balaban J connectivity index is 1.51. The zero-order valence-electron chi connectivity index (χ0n) is 13.6. The van der Waals surface area contributed by atoms with E-state index < -0.39 is 0 Å². The summed E-state index contributed by atoms with van der Waals surface area (Å²) >= 11 is 1.90. The number of hydrogen-bond acceptors (Lipinski definition) is 4. The zero-order valence-corrected chi connectivity index (χ0v) is 14.4. The number of hydrogen-bond donors (Lipinski definition) is 1. The van der Waals surface area contributed by atoms with Gasteiger partial charge in [-0.3, -0.25) is 9.58 Å². The lowest BCUT2D eigenvalue weighted by molar-refractivity contribution is 0.177. The monoisotopic (exact) mass is 318 g/mol. The number of piperidine rings is 1. The molecule has 1 N–H and O–H groups in total. The molecule has 0 amide bonds. The van der Waals surface area contributed by atoms with Gasteiger partial charge in [-0.05, 0) is 57.1 Å². The number of likely N-dealkylation sites (tertiary alicyclic amines) is 1. The summed E-state index contributed by atoms with van der Waals surface area (Å²) in [5.41, 5.74) is 1.23. The number of nitrogens with one attached hydrogen (secondary N) is 1. The van der Waals surface area contributed by atoms with Crippen LogP contribution in [0.25, 0.3) is 10.4 Å². The molecule has 3 heterocycles. The van der Waals surface area contributed by atoms with Crippen LogP contribution in [0.4, 0.5) is 0 Å². The molecule has 2 aromatic heterocycles. The normalized spacial score (nSPS) is 17.2. The van der Waals surface area contributed by atoms with Crippen molar-refractivity contribution in [1.82, 2.24) is 20.0 Å². The van der Waals surface area contributed by atoms with Crippen LogP contribution in [0.15, 0.2) is 24.5 Å². The predicted molar refractivity (Wildman–Crippen MR) is 93.1 cm³/mol. The van der Waals surface area contributed by atoms with Crippen molar-refractivity contribution in [2.24, 2.45) is 13.0 Å². The Labute approximate surface area is 137 Å². The van der Waals surface area contributed by atoms with E-state index in [0.717, 1.165) is 19.0 Å². The van der Waals surface area contributed by atoms with Crippen LogP contribution >= 0.6 is 11.3 Å². The van der Waals surface area contributed by atoms with E-state index in [9.17, 15) is 0 Å². The zero-order chi connectivity index (χ0) is 15.4. The highest BCUT2D eigenvalue weighted by Gasteiger charge is 2.19. The van der Waals surface area contributed by atoms with E-state index in [1.165, 1.54) is 47.8 Å². The average molecular weight is 318 g/mol. The first kappa shape index (κ1) is 15.7. The molecule has 0 bridgehead atoms. The minimum Gasteiger partial charge on any atom is -0.317 e. The number of aryl methyl sites for hydroxylation is 1. The molecule has 22 heavy (non-hydrogen) atoms. The minimum absolute atomic E-state index is 0.866. The first-order valence-electron chi connectivity index (χ1n) is 8.25. The van der Waals surface area contributed by atoms with Gasteiger partial charge in [0.05, 0.1) is 6.20 Å². The third-order valence-electron chi connectivity index (χ3n) is 4.42. The summed E-state index contributed by atoms with van der Waals surface area (Å²) in [6, 6.07) is 4.51. The van der Waals surface area contributed by atoms with Gasteiger partial charge in [-0.2, -0.15) is 5.10 Å². The van der Waals surface area contributed by atoms with Crippen molar-refractivity contribution < 1.29 is 0 Å². The second-order valence-corrected chi connectivity index (χ2v) is 7.36. The summed E-state index contributed by atoms with van der Waals surface area (Å²) in [6.07, 6.45) is 6.69. The van der Waals surface area contributed by atoms with Gasteiger partial charge in [0, 0.05) is 35.1 Å². The smallest absolute Gasteiger partial charge is 0.0576 e. The van der Waals surface area contributed by atoms with Crippen LogP contribution in [0.3, 0.4) is 0 Å². The molecule has 0 atom stereocenters. The lowest BCUT2D eigenvalue weighted by Gasteiger charge is -2.31. The Hall–Kier alpha value is -1.17. The van der Waals surface area contributed by atoms with Crippen molar-refractivity contribution in [3.8, 4) is 10.4 Å². The van der Waals surface area contributed by atoms with Crippen LogP contribution < -0.4 is 5.32 Å². The van der Waals surface area contributed by atoms with Crippen molar-refractivity contribution in [2.75, 3.05) is 26.2 Å². The Bertz CT molecular complexity index is 581. The fourth-order valence-corrected chi connectivity index (χ4v) is 4.11. The molecule has 1 aliphatic rings. The molecule has 2 aromatic rings. The van der Waals surface area contributed by atoms with Crippen molar-refractivity contribution >= 4 is 11.3 Å². The van der Waals surface area contributed by atoms with E-state index in [1.807, 2.05) is 29.3 Å². The van der Waals surface area contributed by atoms with E-state index >= 15 is 0 Å². The number of nitrogens with zero attached hydrogens (tertiary/aromatic N) is 3. The Morgan fingerprint density at radius 2 is 2.14 bits per heavy atom. The molecule has 0 aliphatic carbocycles. The van der Waals surface area contributed by atoms with Crippen molar-refractivity contribution in [2.45, 2.75) is 26.3 Å². The van der Waals surface area contributed by atoms with Gasteiger partial charge in [0.15, 0.2) is 0 Å². The standard InChI is InChI=1S/C17H26N4S/c1-3-18-10-14-6-8-21(9-7-14)13-16-4-5-17(22-16)15-11-19-20(2)12-15/h4-5,11-12,14,18H,3,6-10,13H2,1-2H3. The molecular formula is C17H26N4S. The summed E-state index contributed by atoms with van der Waals surface area (Å²) < 4.78 is 1.86. The number of aromatic nitrogens is 2. The summed E-state index contributed by atoms with van der Waals surface area (Å²) in [5.74, 6) is 0.866. The maximum absolute atomic E-state index is 4.26. The molecule has 0 spiro atoms. The van der Waals surface area contributed by atoms with E-state index in [1.54, 1.807) is 0 Å². The van der Waals surface area contributed by atoms with Crippen molar-refractivity contribution in [3.05, 3.63) is 29.4 Å². The van der Waals surface area contributed by atoms with Crippen molar-refractivity contribution in [3.63, 3.8) is 0 Å². The highest BCUT2D eigenvalue weighted by molar-refractivity contribution is 7.15. The van der Waals surface area contributed by atoms with Gasteiger partial charge in [0.1, 0.15) is 0 Å². The Morgan fingerprint density at radius 3 is 2.82 bits per heavy atom. The van der Waals surface area contributed by atoms with Crippen LogP contribution in [0.5, 0.6) is 0 Å². The first-order valence-corrected chi connectivity index (χ1v) is 9.07. The topological polar surface area (TPSA) is 33.1 Å². The van der Waals surface area contributed by atoms with Crippen molar-refractivity contribution in [1.29, 1.82) is 0 Å². The fourth-order valence-electron chi connectivity index (χ4n) is 3.08. The molecule has 0 unspecified atom stereocenters. The van der Waals surface area contributed by atoms with E-state index in [-0.39, 0.29) is 0 Å². The number of thiophene rings is 1. The van der Waals surface area contributed by atoms with E-state index in [4.69, 9.17) is 0 Å². The molecule has 1 fully saturated rings. The molecular weight excluding hydrogens is 292 g/mol. The maximum Gasteiger partial charge on any atom is 0.0576 e. The lowest BCUT2D eigenvalue weighted by atomic mass is 9.97. The highest BCUT2D eigenvalue weighted by Crippen LogP contribution is 2.29. The SMILES string of the molecule is CCNCC1CCN(Cc2ccc(-c3cnn(C)c3)s2)CC1. The van der Waals surface area contributed by atoms with Crippen LogP contribution in [0.1, 0.15) is 24.6 Å². The molecule has 1 saturated heterocycles. The highest BCUT2D eigenvalue weighted by atomic mass is 32.1. The van der Waals surface area contributed by atoms with Crippen LogP contribution in [-0.4, -0.2) is 40.9 Å². The molecule has 0 aromatic carbocycles.